The number of aliphatic hydroxyl groups is 1. The van der Waals surface area contributed by atoms with Crippen molar-refractivity contribution in [2.75, 3.05) is 20.8 Å². The van der Waals surface area contributed by atoms with Crippen LogP contribution in [0.1, 0.15) is 37.9 Å². The van der Waals surface area contributed by atoms with E-state index in [0.29, 0.717) is 11.3 Å². The van der Waals surface area contributed by atoms with Crippen LogP contribution in [-0.2, 0) is 0 Å². The molecule has 2 N–H and O–H groups in total. The van der Waals surface area contributed by atoms with Crippen molar-refractivity contribution >= 4 is 11.9 Å². The first kappa shape index (κ1) is 18.4. The van der Waals surface area contributed by atoms with Gasteiger partial charge in [-0.05, 0) is 30.2 Å². The summed E-state index contributed by atoms with van der Waals surface area (Å²) >= 11 is 0. The zero-order valence-corrected chi connectivity index (χ0v) is 14.3. The fourth-order valence-electron chi connectivity index (χ4n) is 2.57. The van der Waals surface area contributed by atoms with Gasteiger partial charge in [-0.2, -0.15) is 0 Å². The van der Waals surface area contributed by atoms with Gasteiger partial charge in [0.1, 0.15) is 5.75 Å². The van der Waals surface area contributed by atoms with Gasteiger partial charge in [-0.25, -0.2) is 4.79 Å². The Hall–Kier alpha value is -2.93. The van der Waals surface area contributed by atoms with Crippen LogP contribution in [0.3, 0.4) is 0 Å². The second kappa shape index (κ2) is 7.76. The predicted molar refractivity (Wildman–Crippen MR) is 90.8 cm³/mol. The number of carboxylic acids is 1. The Balaban J connectivity index is 2.34. The van der Waals surface area contributed by atoms with E-state index in [4.69, 9.17) is 4.74 Å². The molecule has 1 heterocycles. The molecular formula is C18H20N2O5. The third kappa shape index (κ3) is 3.77. The van der Waals surface area contributed by atoms with Crippen molar-refractivity contribution in [1.82, 2.24) is 9.88 Å². The summed E-state index contributed by atoms with van der Waals surface area (Å²) in [4.78, 5) is 29.2. The van der Waals surface area contributed by atoms with Gasteiger partial charge in [-0.3, -0.25) is 9.78 Å². The molecule has 0 aliphatic carbocycles. The maximum Gasteiger partial charge on any atom is 0.337 e. The van der Waals surface area contributed by atoms with Crippen LogP contribution in [0.4, 0.5) is 0 Å². The van der Waals surface area contributed by atoms with E-state index in [1.807, 2.05) is 0 Å². The first-order valence-electron chi connectivity index (χ1n) is 7.60. The van der Waals surface area contributed by atoms with Gasteiger partial charge in [0.25, 0.3) is 5.91 Å². The minimum absolute atomic E-state index is 0.0238. The van der Waals surface area contributed by atoms with Crippen molar-refractivity contribution in [1.29, 1.82) is 0 Å². The number of likely N-dealkylation sites (N-methyl/N-ethyl adjacent to an activating group) is 1. The zero-order chi connectivity index (χ0) is 18.6. The minimum Gasteiger partial charge on any atom is -0.497 e. The molecule has 0 saturated heterocycles. The Kier molecular flexibility index (Phi) is 5.71. The third-order valence-corrected chi connectivity index (χ3v) is 4.14. The highest BCUT2D eigenvalue weighted by Crippen LogP contribution is 2.24. The summed E-state index contributed by atoms with van der Waals surface area (Å²) in [5.74, 6) is -0.886. The van der Waals surface area contributed by atoms with E-state index in [0.717, 1.165) is 5.56 Å². The van der Waals surface area contributed by atoms with Gasteiger partial charge in [0.15, 0.2) is 0 Å². The number of methoxy groups -OCH3 is 1. The summed E-state index contributed by atoms with van der Waals surface area (Å²) in [6.07, 6.45) is 2.55. The predicted octanol–water partition coefficient (Wildman–Crippen LogP) is 1.90. The smallest absolute Gasteiger partial charge is 0.337 e. The van der Waals surface area contributed by atoms with E-state index in [-0.39, 0.29) is 17.7 Å². The number of hydrogen-bond donors (Lipinski definition) is 2. The van der Waals surface area contributed by atoms with Crippen molar-refractivity contribution in [2.24, 2.45) is 0 Å². The van der Waals surface area contributed by atoms with Crippen LogP contribution >= 0.6 is 0 Å². The first-order chi connectivity index (χ1) is 11.9. The summed E-state index contributed by atoms with van der Waals surface area (Å²) in [5.41, 5.74) is 1.24. The van der Waals surface area contributed by atoms with E-state index < -0.39 is 17.9 Å². The number of carbonyl (C=O) groups excluding carboxylic acids is 1. The van der Waals surface area contributed by atoms with E-state index in [1.165, 1.54) is 17.3 Å². The van der Waals surface area contributed by atoms with Gasteiger partial charge >= 0.3 is 5.97 Å². The van der Waals surface area contributed by atoms with Crippen molar-refractivity contribution in [3.63, 3.8) is 0 Å². The fourth-order valence-corrected chi connectivity index (χ4v) is 2.57. The van der Waals surface area contributed by atoms with E-state index in [1.54, 1.807) is 45.3 Å². The molecule has 1 atom stereocenters. The molecule has 0 saturated carbocycles. The Morgan fingerprint density at radius 3 is 2.32 bits per heavy atom. The maximum absolute atomic E-state index is 12.8. The molecule has 2 aromatic rings. The maximum atomic E-state index is 12.8. The largest absolute Gasteiger partial charge is 0.497 e. The number of carboxylic acid groups (broad SMARTS) is 1. The number of ether oxygens (including phenoxy) is 1. The number of rotatable bonds is 6. The molecule has 0 bridgehead atoms. The number of nitrogens with zero attached hydrogens (tertiary/aromatic N) is 2. The van der Waals surface area contributed by atoms with Crippen molar-refractivity contribution in [2.45, 2.75) is 13.0 Å². The molecule has 1 amide bonds. The number of aliphatic hydroxyl groups excluding tert-OH is 1. The van der Waals surface area contributed by atoms with E-state index >= 15 is 0 Å². The van der Waals surface area contributed by atoms with Gasteiger partial charge in [-0.15, -0.1) is 0 Å². The molecule has 7 nitrogen and oxygen atoms in total. The zero-order valence-electron chi connectivity index (χ0n) is 14.3. The molecule has 0 aliphatic rings. The second-order valence-corrected chi connectivity index (χ2v) is 5.55. The highest BCUT2D eigenvalue weighted by Gasteiger charge is 2.25. The van der Waals surface area contributed by atoms with Crippen LogP contribution in [-0.4, -0.2) is 52.7 Å². The number of pyridine rings is 1. The number of aromatic nitrogens is 1. The summed E-state index contributed by atoms with van der Waals surface area (Å²) in [7, 11) is 3.11. The molecule has 7 heteroatoms. The Labute approximate surface area is 145 Å². The Bertz CT molecular complexity index is 774. The van der Waals surface area contributed by atoms with Crippen LogP contribution in [0.2, 0.25) is 0 Å². The molecule has 0 spiro atoms. The molecule has 1 aromatic heterocycles. The summed E-state index contributed by atoms with van der Waals surface area (Å²) in [6.45, 7) is 1.28. The van der Waals surface area contributed by atoms with Crippen molar-refractivity contribution < 1.29 is 24.5 Å². The van der Waals surface area contributed by atoms with E-state index in [9.17, 15) is 19.8 Å². The van der Waals surface area contributed by atoms with Crippen LogP contribution in [0, 0.1) is 6.92 Å². The summed E-state index contributed by atoms with van der Waals surface area (Å²) in [6, 6.07) is 6.44. The molecular weight excluding hydrogens is 324 g/mol. The number of benzene rings is 1. The van der Waals surface area contributed by atoms with Crippen molar-refractivity contribution in [3.05, 3.63) is 58.9 Å². The number of carbonyl (C=O) groups is 2. The van der Waals surface area contributed by atoms with Gasteiger partial charge < -0.3 is 19.8 Å². The third-order valence-electron chi connectivity index (χ3n) is 4.14. The number of hydrogen-bond acceptors (Lipinski definition) is 5. The topological polar surface area (TPSA) is 100.0 Å². The fraction of sp³-hybridized carbons (Fsp3) is 0.278. The minimum atomic E-state index is -1.14. The molecule has 2 rings (SSSR count). The highest BCUT2D eigenvalue weighted by atomic mass is 16.5. The first-order valence-corrected chi connectivity index (χ1v) is 7.60. The molecule has 0 radical (unpaired) electrons. The molecule has 25 heavy (non-hydrogen) atoms. The average Bonchev–Trinajstić information content (AvgIpc) is 2.62. The quantitative estimate of drug-likeness (QED) is 0.830. The molecule has 1 unspecified atom stereocenters. The van der Waals surface area contributed by atoms with Gasteiger partial charge in [0.2, 0.25) is 0 Å². The highest BCUT2D eigenvalue weighted by molar-refractivity contribution is 5.99. The molecule has 1 aromatic carbocycles. The lowest BCUT2D eigenvalue weighted by Crippen LogP contribution is -2.34. The SMILES string of the molecule is COc1ccc(C(CO)N(C)C(=O)c2cncc(C(=O)O)c2C)cc1. The van der Waals surface area contributed by atoms with Crippen LogP contribution < -0.4 is 4.74 Å². The average molecular weight is 344 g/mol. The molecule has 0 fully saturated rings. The van der Waals surface area contributed by atoms with Gasteiger partial charge in [-0.1, -0.05) is 12.1 Å². The van der Waals surface area contributed by atoms with Crippen LogP contribution in [0.5, 0.6) is 5.75 Å². The lowest BCUT2D eigenvalue weighted by atomic mass is 10.0. The van der Waals surface area contributed by atoms with Crippen LogP contribution in [0.25, 0.3) is 0 Å². The van der Waals surface area contributed by atoms with Gasteiger partial charge in [0, 0.05) is 19.4 Å². The standard InChI is InChI=1S/C18H20N2O5/c1-11-14(8-19-9-15(11)18(23)24)17(22)20(2)16(10-21)12-4-6-13(25-3)7-5-12/h4-9,16,21H,10H2,1-3H3,(H,23,24). The molecule has 0 aliphatic heterocycles. The van der Waals surface area contributed by atoms with Gasteiger partial charge in [0.05, 0.1) is 30.9 Å². The Morgan fingerprint density at radius 2 is 1.80 bits per heavy atom. The van der Waals surface area contributed by atoms with E-state index in [2.05, 4.69) is 4.98 Å². The monoisotopic (exact) mass is 344 g/mol. The number of amides is 1. The normalized spacial score (nSPS) is 11.7. The summed E-state index contributed by atoms with van der Waals surface area (Å²) < 4.78 is 5.10. The molecule has 132 valence electrons. The summed E-state index contributed by atoms with van der Waals surface area (Å²) in [5, 5.41) is 18.9. The lowest BCUT2D eigenvalue weighted by Gasteiger charge is -2.27. The lowest BCUT2D eigenvalue weighted by molar-refractivity contribution is 0.0657. The Morgan fingerprint density at radius 1 is 1.20 bits per heavy atom. The second-order valence-electron chi connectivity index (χ2n) is 5.55. The number of aromatic carboxylic acids is 1. The van der Waals surface area contributed by atoms with Crippen molar-refractivity contribution in [3.8, 4) is 5.75 Å². The van der Waals surface area contributed by atoms with Crippen LogP contribution in [0.15, 0.2) is 36.7 Å².